The summed E-state index contributed by atoms with van der Waals surface area (Å²) in [5.74, 6) is -0.514. The van der Waals surface area contributed by atoms with E-state index in [9.17, 15) is 19.1 Å². The van der Waals surface area contributed by atoms with E-state index in [1.54, 1.807) is 18.2 Å². The molecule has 3 aromatic rings. The van der Waals surface area contributed by atoms with Crippen LogP contribution in [0, 0.1) is 5.82 Å². The molecule has 1 saturated carbocycles. The molecule has 5 rings (SSSR count). The number of piperazine rings is 1. The lowest BCUT2D eigenvalue weighted by Crippen LogP contribution is -2.53. The molecule has 47 heavy (non-hydrogen) atoms. The summed E-state index contributed by atoms with van der Waals surface area (Å²) in [6.07, 6.45) is 3.20. The summed E-state index contributed by atoms with van der Waals surface area (Å²) in [7, 11) is 0. The van der Waals surface area contributed by atoms with Crippen molar-refractivity contribution in [3.8, 4) is 28.5 Å². The lowest BCUT2D eigenvalue weighted by Gasteiger charge is -2.36. The third-order valence-corrected chi connectivity index (χ3v) is 8.34. The third kappa shape index (κ3) is 9.65. The zero-order chi connectivity index (χ0) is 33.7. The molecule has 11 heteroatoms. The summed E-state index contributed by atoms with van der Waals surface area (Å²) < 4.78 is 25.7. The molecule has 0 spiro atoms. The highest BCUT2D eigenvalue weighted by Crippen LogP contribution is 2.32. The van der Waals surface area contributed by atoms with Crippen LogP contribution >= 0.6 is 0 Å². The van der Waals surface area contributed by atoms with E-state index >= 15 is 0 Å². The van der Waals surface area contributed by atoms with Crippen LogP contribution in [0.1, 0.15) is 76.2 Å². The van der Waals surface area contributed by atoms with Crippen LogP contribution in [0.25, 0.3) is 11.1 Å². The number of halogens is 1. The Morgan fingerprint density at radius 3 is 2.30 bits per heavy atom. The smallest absolute Gasteiger partial charge is 0.407 e. The molecular formula is C36H46FN5O5. The molecular weight excluding hydrogens is 601 g/mol. The van der Waals surface area contributed by atoms with Crippen molar-refractivity contribution in [2.75, 3.05) is 13.1 Å². The summed E-state index contributed by atoms with van der Waals surface area (Å²) in [5, 5.41) is 20.3. The second-order valence-corrected chi connectivity index (χ2v) is 13.8. The van der Waals surface area contributed by atoms with Gasteiger partial charge in [0.1, 0.15) is 28.5 Å². The molecule has 2 amide bonds. The molecule has 2 fully saturated rings. The average molecular weight is 648 g/mol. The average Bonchev–Trinajstić information content (AvgIpc) is 2.99. The number of hydrogen-bond donors (Lipinski definition) is 4. The van der Waals surface area contributed by atoms with Gasteiger partial charge in [0.15, 0.2) is 0 Å². The standard InChI is InChI=1S/C36H46FN5O5/c1-22-19-42(20-23(2)39-22)21-26-10-9-25(16-32(26)43)24-7-6-8-30(15-24)46-34-31(17-27(37)18-38-34)33(44)40-28-11-13-29(14-12-28)41-35(45)47-36(3,4)5/h6-10,15-18,22-23,28-29,39,43H,11-14,19-21H2,1-5H3,(H,40,44)(H,41,45)/t22-,23+,28?,29?. The molecule has 1 saturated heterocycles. The normalized spacial score (nSPS) is 21.9. The Bertz CT molecular complexity index is 1560. The Morgan fingerprint density at radius 2 is 1.64 bits per heavy atom. The van der Waals surface area contributed by atoms with Crippen molar-refractivity contribution in [3.63, 3.8) is 0 Å². The van der Waals surface area contributed by atoms with Crippen molar-refractivity contribution < 1.29 is 28.6 Å². The largest absolute Gasteiger partial charge is 0.508 e. The second-order valence-electron chi connectivity index (χ2n) is 13.8. The predicted octanol–water partition coefficient (Wildman–Crippen LogP) is 6.13. The first kappa shape index (κ1) is 34.1. The van der Waals surface area contributed by atoms with Gasteiger partial charge in [0.25, 0.3) is 5.91 Å². The molecule has 1 aliphatic carbocycles. The molecule has 1 aromatic heterocycles. The number of carbonyl (C=O) groups excluding carboxylic acids is 2. The molecule has 0 unspecified atom stereocenters. The molecule has 10 nitrogen and oxygen atoms in total. The van der Waals surface area contributed by atoms with Crippen LogP contribution in [0.3, 0.4) is 0 Å². The summed E-state index contributed by atoms with van der Waals surface area (Å²) >= 11 is 0. The maximum absolute atomic E-state index is 14.3. The molecule has 2 atom stereocenters. The number of nitrogens with one attached hydrogen (secondary N) is 3. The lowest BCUT2D eigenvalue weighted by atomic mass is 9.91. The maximum atomic E-state index is 14.3. The zero-order valence-electron chi connectivity index (χ0n) is 27.8. The highest BCUT2D eigenvalue weighted by Gasteiger charge is 2.27. The second kappa shape index (κ2) is 14.7. The van der Waals surface area contributed by atoms with Crippen LogP contribution in [0.15, 0.2) is 54.7 Å². The van der Waals surface area contributed by atoms with Crippen molar-refractivity contribution in [1.82, 2.24) is 25.8 Å². The summed E-state index contributed by atoms with van der Waals surface area (Å²) in [6, 6.07) is 14.6. The fraction of sp³-hybridized carbons (Fsp3) is 0.472. The lowest BCUT2D eigenvalue weighted by molar-refractivity contribution is 0.0487. The van der Waals surface area contributed by atoms with E-state index in [4.69, 9.17) is 9.47 Å². The quantitative estimate of drug-likeness (QED) is 0.230. The Kier molecular flexibility index (Phi) is 10.7. The number of ether oxygens (including phenoxy) is 2. The van der Waals surface area contributed by atoms with Crippen LogP contribution in [-0.2, 0) is 11.3 Å². The van der Waals surface area contributed by atoms with Gasteiger partial charge in [-0.2, -0.15) is 0 Å². The Labute approximate surface area is 276 Å². The van der Waals surface area contributed by atoms with Crippen molar-refractivity contribution in [1.29, 1.82) is 0 Å². The highest BCUT2D eigenvalue weighted by atomic mass is 19.1. The van der Waals surface area contributed by atoms with E-state index in [-0.39, 0.29) is 29.3 Å². The first-order valence-corrected chi connectivity index (χ1v) is 16.4. The van der Waals surface area contributed by atoms with E-state index in [0.717, 1.165) is 42.0 Å². The molecule has 0 radical (unpaired) electrons. The number of amides is 2. The van der Waals surface area contributed by atoms with Gasteiger partial charge in [0.05, 0.1) is 6.20 Å². The number of carbonyl (C=O) groups is 2. The van der Waals surface area contributed by atoms with E-state index < -0.39 is 23.4 Å². The number of aromatic hydroxyl groups is 1. The number of pyridine rings is 1. The fourth-order valence-electron chi connectivity index (χ4n) is 6.33. The van der Waals surface area contributed by atoms with E-state index in [2.05, 4.69) is 39.7 Å². The molecule has 252 valence electrons. The van der Waals surface area contributed by atoms with Crippen molar-refractivity contribution in [2.45, 2.75) is 96.6 Å². The van der Waals surface area contributed by atoms with Crippen LogP contribution in [-0.4, -0.2) is 69.8 Å². The van der Waals surface area contributed by atoms with Gasteiger partial charge in [-0.15, -0.1) is 0 Å². The number of benzene rings is 2. The predicted molar refractivity (Wildman–Crippen MR) is 178 cm³/mol. The minimum absolute atomic E-state index is 0.0112. The number of aromatic nitrogens is 1. The van der Waals surface area contributed by atoms with Gasteiger partial charge < -0.3 is 30.5 Å². The van der Waals surface area contributed by atoms with E-state index in [1.165, 1.54) is 0 Å². The topological polar surface area (TPSA) is 125 Å². The Morgan fingerprint density at radius 1 is 0.979 bits per heavy atom. The van der Waals surface area contributed by atoms with Crippen molar-refractivity contribution in [2.24, 2.45) is 0 Å². The Hall–Kier alpha value is -4.22. The van der Waals surface area contributed by atoms with Crippen LogP contribution < -0.4 is 20.7 Å². The monoisotopic (exact) mass is 647 g/mol. The van der Waals surface area contributed by atoms with Gasteiger partial charge in [-0.05, 0) is 95.7 Å². The minimum atomic E-state index is -0.651. The number of hydrogen-bond acceptors (Lipinski definition) is 8. The highest BCUT2D eigenvalue weighted by molar-refractivity contribution is 5.96. The van der Waals surface area contributed by atoms with E-state index in [0.29, 0.717) is 50.1 Å². The van der Waals surface area contributed by atoms with Gasteiger partial charge in [-0.3, -0.25) is 9.69 Å². The first-order chi connectivity index (χ1) is 22.3. The first-order valence-electron chi connectivity index (χ1n) is 16.4. The number of alkyl carbamates (subject to hydrolysis) is 1. The van der Waals surface area contributed by atoms with Crippen molar-refractivity contribution >= 4 is 12.0 Å². The van der Waals surface area contributed by atoms with Gasteiger partial charge in [-0.1, -0.05) is 24.3 Å². The Balaban J connectivity index is 1.22. The summed E-state index contributed by atoms with van der Waals surface area (Å²) in [4.78, 5) is 31.9. The number of rotatable bonds is 8. The third-order valence-electron chi connectivity index (χ3n) is 8.34. The van der Waals surface area contributed by atoms with Crippen LogP contribution in [0.5, 0.6) is 17.4 Å². The molecule has 4 N–H and O–H groups in total. The molecule has 2 aliphatic rings. The molecule has 2 heterocycles. The van der Waals surface area contributed by atoms with Gasteiger partial charge in [-0.25, -0.2) is 14.2 Å². The fourth-order valence-corrected chi connectivity index (χ4v) is 6.33. The number of phenols is 1. The van der Waals surface area contributed by atoms with Crippen LogP contribution in [0.2, 0.25) is 0 Å². The zero-order valence-corrected chi connectivity index (χ0v) is 27.8. The van der Waals surface area contributed by atoms with Crippen molar-refractivity contribution in [3.05, 3.63) is 71.7 Å². The number of nitrogens with zero attached hydrogens (tertiary/aromatic N) is 2. The van der Waals surface area contributed by atoms with Gasteiger partial charge in [0, 0.05) is 49.4 Å². The molecule has 2 aromatic carbocycles. The van der Waals surface area contributed by atoms with E-state index in [1.807, 2.05) is 45.0 Å². The number of phenolic OH excluding ortho intramolecular Hbond substituents is 1. The van der Waals surface area contributed by atoms with Crippen LogP contribution in [0.4, 0.5) is 9.18 Å². The summed E-state index contributed by atoms with van der Waals surface area (Å²) in [6.45, 7) is 12.3. The van der Waals surface area contributed by atoms with Gasteiger partial charge >= 0.3 is 6.09 Å². The minimum Gasteiger partial charge on any atom is -0.508 e. The molecule has 0 bridgehead atoms. The van der Waals surface area contributed by atoms with Gasteiger partial charge in [0.2, 0.25) is 5.88 Å². The SMILES string of the molecule is C[C@@H]1CN(Cc2ccc(-c3cccc(Oc4ncc(F)cc4C(=O)NC4CCC(NC(=O)OC(C)(C)C)CC4)c3)cc2O)C[C@H](C)N1. The molecule has 1 aliphatic heterocycles. The summed E-state index contributed by atoms with van der Waals surface area (Å²) in [5.41, 5.74) is 1.89. The maximum Gasteiger partial charge on any atom is 0.407 e.